The summed E-state index contributed by atoms with van der Waals surface area (Å²) < 4.78 is 13.1. The summed E-state index contributed by atoms with van der Waals surface area (Å²) in [6, 6.07) is 24.7. The van der Waals surface area contributed by atoms with Crippen molar-refractivity contribution < 1.29 is 9.47 Å². The molecule has 2 aliphatic heterocycles. The van der Waals surface area contributed by atoms with Crippen molar-refractivity contribution in [2.45, 2.75) is 18.7 Å². The molecule has 150 valence electrons. The average Bonchev–Trinajstić information content (AvgIpc) is 3.24. The SMILES string of the molecule is C=CCOc1ccc(C2=NN3[C@H](C2)c2cc(Br)ccc2O[C@@H]3c2ccccc2)cc1. The molecule has 0 unspecified atom stereocenters. The molecule has 5 rings (SSSR count). The number of rotatable bonds is 5. The molecule has 30 heavy (non-hydrogen) atoms. The Morgan fingerprint density at radius 3 is 2.67 bits per heavy atom. The van der Waals surface area contributed by atoms with Crippen LogP contribution in [0.3, 0.4) is 0 Å². The minimum atomic E-state index is -0.252. The molecule has 0 N–H and O–H groups in total. The molecule has 3 aromatic carbocycles. The van der Waals surface area contributed by atoms with Gasteiger partial charge >= 0.3 is 0 Å². The highest BCUT2D eigenvalue weighted by molar-refractivity contribution is 9.10. The van der Waals surface area contributed by atoms with Crippen LogP contribution < -0.4 is 9.47 Å². The number of nitrogens with zero attached hydrogens (tertiary/aromatic N) is 2. The Balaban J connectivity index is 1.51. The highest BCUT2D eigenvalue weighted by Crippen LogP contribution is 2.48. The number of benzene rings is 3. The Labute approximate surface area is 184 Å². The van der Waals surface area contributed by atoms with E-state index < -0.39 is 0 Å². The van der Waals surface area contributed by atoms with Crippen LogP contribution in [-0.4, -0.2) is 17.3 Å². The van der Waals surface area contributed by atoms with Gasteiger partial charge in [0, 0.05) is 22.0 Å². The zero-order valence-corrected chi connectivity index (χ0v) is 18.0. The predicted octanol–water partition coefficient (Wildman–Crippen LogP) is 6.26. The number of hydrogen-bond donors (Lipinski definition) is 0. The minimum Gasteiger partial charge on any atom is -0.490 e. The summed E-state index contributed by atoms with van der Waals surface area (Å²) in [5.41, 5.74) is 4.39. The van der Waals surface area contributed by atoms with Gasteiger partial charge in [-0.2, -0.15) is 5.10 Å². The molecule has 4 nitrogen and oxygen atoms in total. The highest BCUT2D eigenvalue weighted by Gasteiger charge is 2.41. The summed E-state index contributed by atoms with van der Waals surface area (Å²) in [5.74, 6) is 1.74. The van der Waals surface area contributed by atoms with Gasteiger partial charge in [0.05, 0.1) is 11.8 Å². The zero-order valence-electron chi connectivity index (χ0n) is 16.4. The van der Waals surface area contributed by atoms with Crippen LogP contribution >= 0.6 is 15.9 Å². The lowest BCUT2D eigenvalue weighted by Crippen LogP contribution is -2.33. The summed E-state index contributed by atoms with van der Waals surface area (Å²) in [7, 11) is 0. The Bertz CT molecular complexity index is 1100. The molecule has 0 saturated heterocycles. The topological polar surface area (TPSA) is 34.1 Å². The molecule has 0 radical (unpaired) electrons. The second kappa shape index (κ2) is 8.00. The van der Waals surface area contributed by atoms with Crippen LogP contribution in [0.15, 0.2) is 95.0 Å². The monoisotopic (exact) mass is 460 g/mol. The first kappa shape index (κ1) is 18.9. The van der Waals surface area contributed by atoms with E-state index in [2.05, 4.69) is 57.8 Å². The third-order valence-corrected chi connectivity index (χ3v) is 5.89. The van der Waals surface area contributed by atoms with Gasteiger partial charge in [-0.1, -0.05) is 58.9 Å². The molecule has 0 amide bonds. The molecule has 0 aromatic heterocycles. The third-order valence-electron chi connectivity index (χ3n) is 5.39. The second-order valence-corrected chi connectivity index (χ2v) is 8.25. The lowest BCUT2D eigenvalue weighted by molar-refractivity contribution is -0.0190. The van der Waals surface area contributed by atoms with E-state index in [1.165, 1.54) is 0 Å². The first-order chi connectivity index (χ1) is 14.7. The van der Waals surface area contributed by atoms with Crippen molar-refractivity contribution in [3.8, 4) is 11.5 Å². The van der Waals surface area contributed by atoms with Crippen molar-refractivity contribution in [3.05, 3.63) is 107 Å². The number of fused-ring (bicyclic) bond motifs is 3. The van der Waals surface area contributed by atoms with Crippen LogP contribution in [0.4, 0.5) is 0 Å². The maximum Gasteiger partial charge on any atom is 0.213 e. The van der Waals surface area contributed by atoms with Crippen molar-refractivity contribution in [2.75, 3.05) is 6.61 Å². The molecular formula is C25H21BrN2O2. The molecule has 0 bridgehead atoms. The van der Waals surface area contributed by atoms with E-state index >= 15 is 0 Å². The van der Waals surface area contributed by atoms with Gasteiger partial charge in [0.25, 0.3) is 0 Å². The van der Waals surface area contributed by atoms with Crippen molar-refractivity contribution in [1.82, 2.24) is 5.01 Å². The van der Waals surface area contributed by atoms with Crippen LogP contribution in [0.5, 0.6) is 11.5 Å². The van der Waals surface area contributed by atoms with Gasteiger partial charge in [-0.3, -0.25) is 0 Å². The quantitative estimate of drug-likeness (QED) is 0.421. The zero-order chi connectivity index (χ0) is 20.5. The maximum atomic E-state index is 6.40. The van der Waals surface area contributed by atoms with E-state index in [1.54, 1.807) is 6.08 Å². The molecule has 0 saturated carbocycles. The molecule has 2 aliphatic rings. The Kier molecular flexibility index (Phi) is 5.05. The summed E-state index contributed by atoms with van der Waals surface area (Å²) in [4.78, 5) is 0. The van der Waals surface area contributed by atoms with Gasteiger partial charge in [0.15, 0.2) is 0 Å². The molecule has 2 atom stereocenters. The van der Waals surface area contributed by atoms with E-state index in [0.717, 1.165) is 44.8 Å². The summed E-state index contributed by atoms with van der Waals surface area (Å²) in [5, 5.41) is 7.11. The summed E-state index contributed by atoms with van der Waals surface area (Å²) in [6.07, 6.45) is 2.31. The normalized spacial score (nSPS) is 19.4. The fourth-order valence-corrected chi connectivity index (χ4v) is 4.35. The van der Waals surface area contributed by atoms with Crippen molar-refractivity contribution in [1.29, 1.82) is 0 Å². The largest absolute Gasteiger partial charge is 0.490 e. The third kappa shape index (κ3) is 3.50. The van der Waals surface area contributed by atoms with Crippen LogP contribution in [0.1, 0.15) is 35.4 Å². The van der Waals surface area contributed by atoms with Gasteiger partial charge in [0.1, 0.15) is 18.1 Å². The van der Waals surface area contributed by atoms with Crippen molar-refractivity contribution in [2.24, 2.45) is 5.10 Å². The molecule has 5 heteroatoms. The smallest absolute Gasteiger partial charge is 0.213 e. The van der Waals surface area contributed by atoms with Gasteiger partial charge in [-0.05, 0) is 48.0 Å². The van der Waals surface area contributed by atoms with Crippen LogP contribution in [0.25, 0.3) is 0 Å². The van der Waals surface area contributed by atoms with E-state index in [9.17, 15) is 0 Å². The van der Waals surface area contributed by atoms with Crippen LogP contribution in [-0.2, 0) is 0 Å². The molecule has 0 spiro atoms. The Hall–Kier alpha value is -3.05. The summed E-state index contributed by atoms with van der Waals surface area (Å²) in [6.45, 7) is 4.19. The van der Waals surface area contributed by atoms with E-state index in [-0.39, 0.29) is 12.3 Å². The van der Waals surface area contributed by atoms with Gasteiger partial charge in [-0.15, -0.1) is 0 Å². The Morgan fingerprint density at radius 1 is 1.10 bits per heavy atom. The lowest BCUT2D eigenvalue weighted by Gasteiger charge is -2.38. The fraction of sp³-hybridized carbons (Fsp3) is 0.160. The van der Waals surface area contributed by atoms with E-state index in [1.807, 2.05) is 42.5 Å². The molecule has 0 fully saturated rings. The van der Waals surface area contributed by atoms with Crippen molar-refractivity contribution in [3.63, 3.8) is 0 Å². The molecule has 2 heterocycles. The van der Waals surface area contributed by atoms with E-state index in [0.29, 0.717) is 6.61 Å². The molecular weight excluding hydrogens is 440 g/mol. The van der Waals surface area contributed by atoms with Gasteiger partial charge in [0.2, 0.25) is 6.23 Å². The number of ether oxygens (including phenoxy) is 2. The fourth-order valence-electron chi connectivity index (χ4n) is 3.97. The Morgan fingerprint density at radius 2 is 1.90 bits per heavy atom. The molecule has 0 aliphatic carbocycles. The number of hydrogen-bond acceptors (Lipinski definition) is 4. The van der Waals surface area contributed by atoms with Gasteiger partial charge in [-0.25, -0.2) is 5.01 Å². The minimum absolute atomic E-state index is 0.128. The standard InChI is InChI=1S/C25H21BrN2O2/c1-2-14-29-20-11-8-17(9-12-20)22-16-23-21-15-19(26)10-13-24(21)30-25(28(23)27-22)18-6-4-3-5-7-18/h2-13,15,23,25H,1,14,16H2/t23-,25-/m1/s1. The average molecular weight is 461 g/mol. The van der Waals surface area contributed by atoms with Crippen LogP contribution in [0, 0.1) is 0 Å². The number of halogens is 1. The van der Waals surface area contributed by atoms with Crippen LogP contribution in [0.2, 0.25) is 0 Å². The highest BCUT2D eigenvalue weighted by atomic mass is 79.9. The molecule has 3 aromatic rings. The maximum absolute atomic E-state index is 6.40. The first-order valence-electron chi connectivity index (χ1n) is 9.94. The predicted molar refractivity (Wildman–Crippen MR) is 122 cm³/mol. The first-order valence-corrected chi connectivity index (χ1v) is 10.7. The van der Waals surface area contributed by atoms with Crippen molar-refractivity contribution >= 4 is 21.6 Å². The number of hydrazone groups is 1. The van der Waals surface area contributed by atoms with E-state index in [4.69, 9.17) is 14.6 Å². The summed E-state index contributed by atoms with van der Waals surface area (Å²) >= 11 is 3.60. The lowest BCUT2D eigenvalue weighted by atomic mass is 9.96. The van der Waals surface area contributed by atoms with Gasteiger partial charge < -0.3 is 9.47 Å². The second-order valence-electron chi connectivity index (χ2n) is 7.33.